The van der Waals surface area contributed by atoms with Crippen LogP contribution >= 0.6 is 0 Å². The van der Waals surface area contributed by atoms with E-state index in [0.29, 0.717) is 34.1 Å². The van der Waals surface area contributed by atoms with E-state index < -0.39 is 5.91 Å². The SMILES string of the molecule is COc1cc(C(N)=O)ccc1-c1nc2c(OC)nccc2[nH]1. The summed E-state index contributed by atoms with van der Waals surface area (Å²) in [5.41, 5.74) is 7.79. The van der Waals surface area contributed by atoms with Crippen LogP contribution < -0.4 is 15.2 Å². The molecule has 0 bridgehead atoms. The van der Waals surface area contributed by atoms with Gasteiger partial charge in [-0.1, -0.05) is 0 Å². The monoisotopic (exact) mass is 298 g/mol. The number of methoxy groups -OCH3 is 2. The molecule has 2 heterocycles. The third-order valence-corrected chi connectivity index (χ3v) is 3.30. The first-order valence-electron chi connectivity index (χ1n) is 6.51. The molecular formula is C15H14N4O3. The minimum absolute atomic E-state index is 0.371. The number of amides is 1. The number of hydrogen-bond acceptors (Lipinski definition) is 5. The van der Waals surface area contributed by atoms with E-state index in [1.165, 1.54) is 7.11 Å². The number of fused-ring (bicyclic) bond motifs is 1. The van der Waals surface area contributed by atoms with E-state index in [4.69, 9.17) is 15.2 Å². The van der Waals surface area contributed by atoms with Gasteiger partial charge in [0.2, 0.25) is 11.8 Å². The molecule has 1 amide bonds. The summed E-state index contributed by atoms with van der Waals surface area (Å²) in [6.45, 7) is 0. The second kappa shape index (κ2) is 5.36. The smallest absolute Gasteiger partial charge is 0.248 e. The molecule has 3 N–H and O–H groups in total. The van der Waals surface area contributed by atoms with Crippen LogP contribution in [0, 0.1) is 0 Å². The van der Waals surface area contributed by atoms with Crippen molar-refractivity contribution in [3.63, 3.8) is 0 Å². The van der Waals surface area contributed by atoms with Crippen LogP contribution in [0.4, 0.5) is 0 Å². The molecule has 0 unspecified atom stereocenters. The highest BCUT2D eigenvalue weighted by atomic mass is 16.5. The summed E-state index contributed by atoms with van der Waals surface area (Å²) in [6.07, 6.45) is 1.64. The average Bonchev–Trinajstić information content (AvgIpc) is 2.97. The molecule has 7 heteroatoms. The largest absolute Gasteiger partial charge is 0.496 e. The lowest BCUT2D eigenvalue weighted by atomic mass is 10.1. The molecule has 0 atom stereocenters. The second-order valence-corrected chi connectivity index (χ2v) is 4.58. The predicted octanol–water partition coefficient (Wildman–Crippen LogP) is 1.74. The highest BCUT2D eigenvalue weighted by Gasteiger charge is 2.15. The van der Waals surface area contributed by atoms with Crippen LogP contribution in [0.5, 0.6) is 11.6 Å². The highest BCUT2D eigenvalue weighted by Crippen LogP contribution is 2.31. The van der Waals surface area contributed by atoms with Gasteiger partial charge in [-0.25, -0.2) is 9.97 Å². The van der Waals surface area contributed by atoms with Crippen molar-refractivity contribution >= 4 is 16.9 Å². The Kier molecular flexibility index (Phi) is 3.38. The Bertz CT molecular complexity index is 857. The zero-order valence-electron chi connectivity index (χ0n) is 12.1. The third kappa shape index (κ3) is 2.22. The molecule has 0 aliphatic rings. The standard InChI is InChI=1S/C15H14N4O3/c1-21-11-7-8(13(16)20)3-4-9(11)14-18-10-5-6-17-15(22-2)12(10)19-14/h3-7H,1-2H3,(H2,16,20)(H,18,19). The lowest BCUT2D eigenvalue weighted by Gasteiger charge is -2.07. The Morgan fingerprint density at radius 1 is 1.23 bits per heavy atom. The normalized spacial score (nSPS) is 10.6. The number of ether oxygens (including phenoxy) is 2. The number of carbonyl (C=O) groups excluding carboxylic acids is 1. The summed E-state index contributed by atoms with van der Waals surface area (Å²) >= 11 is 0. The third-order valence-electron chi connectivity index (χ3n) is 3.30. The van der Waals surface area contributed by atoms with E-state index in [9.17, 15) is 4.79 Å². The molecule has 0 spiro atoms. The van der Waals surface area contributed by atoms with Gasteiger partial charge in [-0.15, -0.1) is 0 Å². The van der Waals surface area contributed by atoms with Crippen LogP contribution in [0.1, 0.15) is 10.4 Å². The van der Waals surface area contributed by atoms with Gasteiger partial charge in [0.25, 0.3) is 0 Å². The van der Waals surface area contributed by atoms with Crippen LogP contribution in [0.25, 0.3) is 22.4 Å². The molecule has 3 aromatic rings. The number of aromatic nitrogens is 3. The zero-order valence-corrected chi connectivity index (χ0v) is 12.1. The van der Waals surface area contributed by atoms with Crippen molar-refractivity contribution in [3.05, 3.63) is 36.0 Å². The van der Waals surface area contributed by atoms with Gasteiger partial charge in [0.1, 0.15) is 11.6 Å². The van der Waals surface area contributed by atoms with E-state index in [0.717, 1.165) is 5.52 Å². The van der Waals surface area contributed by atoms with Crippen molar-refractivity contribution in [2.45, 2.75) is 0 Å². The minimum atomic E-state index is -0.514. The van der Waals surface area contributed by atoms with Crippen molar-refractivity contribution in [2.24, 2.45) is 5.73 Å². The van der Waals surface area contributed by atoms with Crippen molar-refractivity contribution < 1.29 is 14.3 Å². The first-order chi connectivity index (χ1) is 10.6. The summed E-state index contributed by atoms with van der Waals surface area (Å²) in [5.74, 6) is 1.02. The number of nitrogens with zero attached hydrogens (tertiary/aromatic N) is 2. The summed E-state index contributed by atoms with van der Waals surface area (Å²) < 4.78 is 10.5. The molecule has 0 aliphatic heterocycles. The lowest BCUT2D eigenvalue weighted by Crippen LogP contribution is -2.11. The quantitative estimate of drug-likeness (QED) is 0.763. The van der Waals surface area contributed by atoms with Crippen LogP contribution in [-0.4, -0.2) is 35.1 Å². The predicted molar refractivity (Wildman–Crippen MR) is 80.9 cm³/mol. The molecule has 3 rings (SSSR count). The number of H-pyrrole nitrogens is 1. The van der Waals surface area contributed by atoms with E-state index in [-0.39, 0.29) is 0 Å². The number of pyridine rings is 1. The average molecular weight is 298 g/mol. The Morgan fingerprint density at radius 3 is 2.73 bits per heavy atom. The van der Waals surface area contributed by atoms with Gasteiger partial charge in [-0.05, 0) is 24.3 Å². The minimum Gasteiger partial charge on any atom is -0.496 e. The number of nitrogens with two attached hydrogens (primary N) is 1. The van der Waals surface area contributed by atoms with E-state index in [2.05, 4.69) is 15.0 Å². The molecule has 0 saturated carbocycles. The Hall–Kier alpha value is -3.09. The molecular weight excluding hydrogens is 284 g/mol. The fourth-order valence-corrected chi connectivity index (χ4v) is 2.23. The number of imidazole rings is 1. The summed E-state index contributed by atoms with van der Waals surface area (Å²) in [7, 11) is 3.06. The number of aromatic amines is 1. The van der Waals surface area contributed by atoms with Crippen LogP contribution in [-0.2, 0) is 0 Å². The molecule has 0 saturated heterocycles. The maximum atomic E-state index is 11.3. The molecule has 0 fully saturated rings. The first kappa shape index (κ1) is 13.9. The molecule has 0 aliphatic carbocycles. The van der Waals surface area contributed by atoms with Crippen molar-refractivity contribution in [1.82, 2.24) is 15.0 Å². The first-order valence-corrected chi connectivity index (χ1v) is 6.51. The van der Waals surface area contributed by atoms with Crippen molar-refractivity contribution in [1.29, 1.82) is 0 Å². The Labute approximate surface area is 126 Å². The van der Waals surface area contributed by atoms with Gasteiger partial charge in [0, 0.05) is 11.8 Å². The van der Waals surface area contributed by atoms with Crippen molar-refractivity contribution in [3.8, 4) is 23.0 Å². The number of benzene rings is 1. The maximum Gasteiger partial charge on any atom is 0.248 e. The maximum absolute atomic E-state index is 11.3. The van der Waals surface area contributed by atoms with Gasteiger partial charge in [-0.2, -0.15) is 0 Å². The van der Waals surface area contributed by atoms with E-state index in [1.54, 1.807) is 37.6 Å². The molecule has 2 aromatic heterocycles. The lowest BCUT2D eigenvalue weighted by molar-refractivity contribution is 0.1000. The Morgan fingerprint density at radius 2 is 2.05 bits per heavy atom. The van der Waals surface area contributed by atoms with Gasteiger partial charge in [-0.3, -0.25) is 4.79 Å². The zero-order chi connectivity index (χ0) is 15.7. The molecule has 0 radical (unpaired) electrons. The fraction of sp³-hybridized carbons (Fsp3) is 0.133. The van der Waals surface area contributed by atoms with Gasteiger partial charge in [0.15, 0.2) is 5.52 Å². The number of primary amides is 1. The van der Waals surface area contributed by atoms with Gasteiger partial charge < -0.3 is 20.2 Å². The van der Waals surface area contributed by atoms with Gasteiger partial charge in [0.05, 0.1) is 25.3 Å². The van der Waals surface area contributed by atoms with Crippen molar-refractivity contribution in [2.75, 3.05) is 14.2 Å². The van der Waals surface area contributed by atoms with Crippen LogP contribution in [0.3, 0.4) is 0 Å². The van der Waals surface area contributed by atoms with Gasteiger partial charge >= 0.3 is 0 Å². The van der Waals surface area contributed by atoms with E-state index in [1.807, 2.05) is 0 Å². The number of hydrogen-bond donors (Lipinski definition) is 2. The van der Waals surface area contributed by atoms with E-state index >= 15 is 0 Å². The molecule has 7 nitrogen and oxygen atoms in total. The van der Waals surface area contributed by atoms with Crippen LogP contribution in [0.15, 0.2) is 30.5 Å². The number of rotatable bonds is 4. The number of nitrogens with one attached hydrogen (secondary N) is 1. The summed E-state index contributed by atoms with van der Waals surface area (Å²) in [4.78, 5) is 23.1. The highest BCUT2D eigenvalue weighted by molar-refractivity contribution is 5.94. The molecule has 112 valence electrons. The Balaban J connectivity index is 2.17. The number of carbonyl (C=O) groups is 1. The fourth-order valence-electron chi connectivity index (χ4n) is 2.23. The topological polar surface area (TPSA) is 103 Å². The second-order valence-electron chi connectivity index (χ2n) is 4.58. The summed E-state index contributed by atoms with van der Waals surface area (Å²) in [6, 6.07) is 6.75. The van der Waals surface area contributed by atoms with Crippen LogP contribution in [0.2, 0.25) is 0 Å². The molecule has 22 heavy (non-hydrogen) atoms. The molecule has 1 aromatic carbocycles. The summed E-state index contributed by atoms with van der Waals surface area (Å²) in [5, 5.41) is 0.